The van der Waals surface area contributed by atoms with Crippen molar-refractivity contribution in [2.45, 2.75) is 45.6 Å². The van der Waals surface area contributed by atoms with Crippen LogP contribution < -0.4 is 16.0 Å². The number of pyridine rings is 1. The van der Waals surface area contributed by atoms with Gasteiger partial charge in [-0.05, 0) is 40.0 Å². The number of esters is 1. The zero-order valence-electron chi connectivity index (χ0n) is 17.5. The number of carbonyl (C=O) groups is 2. The molecule has 1 aliphatic rings. The third-order valence-electron chi connectivity index (χ3n) is 3.89. The van der Waals surface area contributed by atoms with Crippen LogP contribution in [-0.2, 0) is 9.47 Å². The maximum atomic E-state index is 11.7. The number of nitrogens with one attached hydrogen (secondary N) is 1. The molecule has 0 bridgehead atoms. The number of rotatable bonds is 4. The molecule has 1 aliphatic heterocycles. The third kappa shape index (κ3) is 7.43. The minimum Gasteiger partial charge on any atom is -0.464 e. The monoisotopic (exact) mass is 411 g/mol. The number of aromatic nitrogens is 1. The molecule has 0 unspecified atom stereocenters. The molecule has 0 atom stereocenters. The fraction of sp³-hybridized carbons (Fsp3) is 0.611. The molecule has 0 saturated carbocycles. The van der Waals surface area contributed by atoms with Gasteiger partial charge in [-0.15, -0.1) is 0 Å². The third-order valence-corrected chi connectivity index (χ3v) is 3.89. The number of nitrogens with two attached hydrogens (primary N) is 1. The molecule has 1 aromatic rings. The fourth-order valence-corrected chi connectivity index (χ4v) is 2.77. The van der Waals surface area contributed by atoms with Crippen molar-refractivity contribution in [1.29, 1.82) is 0 Å². The quantitative estimate of drug-likeness (QED) is 0.433. The molecule has 3 N–H and O–H groups in total. The van der Waals surface area contributed by atoms with Crippen molar-refractivity contribution in [3.05, 3.63) is 21.9 Å². The summed E-state index contributed by atoms with van der Waals surface area (Å²) in [5.41, 5.74) is 4.64. The average Bonchev–Trinajstić information content (AvgIpc) is 2.65. The van der Waals surface area contributed by atoms with Crippen molar-refractivity contribution in [2.24, 2.45) is 5.73 Å². The zero-order chi connectivity index (χ0) is 22.2. The van der Waals surface area contributed by atoms with Crippen molar-refractivity contribution < 1.29 is 24.0 Å². The molecule has 0 spiro atoms. The number of nitrogens with zero attached hydrogens (tertiary/aromatic N) is 3. The van der Waals surface area contributed by atoms with Gasteiger partial charge in [-0.2, -0.15) is 0 Å². The van der Waals surface area contributed by atoms with Crippen molar-refractivity contribution >= 4 is 29.3 Å². The summed E-state index contributed by atoms with van der Waals surface area (Å²) in [5.74, 6) is -0.539. The van der Waals surface area contributed by atoms with Crippen molar-refractivity contribution in [1.82, 2.24) is 4.98 Å². The lowest BCUT2D eigenvalue weighted by molar-refractivity contribution is -0.383. The summed E-state index contributed by atoms with van der Waals surface area (Å²) in [4.78, 5) is 38.5. The normalized spacial score (nSPS) is 13.6. The summed E-state index contributed by atoms with van der Waals surface area (Å²) in [6.45, 7) is 6.75. The second-order valence-corrected chi connectivity index (χ2v) is 7.30. The Morgan fingerprint density at radius 3 is 2.24 bits per heavy atom. The molecule has 11 nitrogen and oxygen atoms in total. The van der Waals surface area contributed by atoms with E-state index in [2.05, 4.69) is 19.8 Å². The maximum Gasteiger partial charge on any atom is 0.405 e. The van der Waals surface area contributed by atoms with Crippen LogP contribution in [0.25, 0.3) is 0 Å². The van der Waals surface area contributed by atoms with Gasteiger partial charge in [0.1, 0.15) is 11.3 Å². The number of nitro groups is 1. The molecule has 0 aromatic carbocycles. The number of methoxy groups -OCH3 is 1. The first-order valence-electron chi connectivity index (χ1n) is 9.19. The largest absolute Gasteiger partial charge is 0.464 e. The van der Waals surface area contributed by atoms with E-state index in [-0.39, 0.29) is 17.2 Å². The molecule has 1 amide bonds. The van der Waals surface area contributed by atoms with Crippen molar-refractivity contribution in [2.75, 3.05) is 37.5 Å². The highest BCUT2D eigenvalue weighted by Gasteiger charge is 2.28. The molecule has 0 aliphatic carbocycles. The van der Waals surface area contributed by atoms with Gasteiger partial charge in [-0.3, -0.25) is 10.1 Å². The summed E-state index contributed by atoms with van der Waals surface area (Å²) in [6.07, 6.45) is 2.33. The predicted molar refractivity (Wildman–Crippen MR) is 108 cm³/mol. The first kappa shape index (κ1) is 23.9. The van der Waals surface area contributed by atoms with Crippen molar-refractivity contribution in [3.8, 4) is 0 Å². The van der Waals surface area contributed by atoms with E-state index in [1.807, 2.05) is 4.90 Å². The van der Waals surface area contributed by atoms with Gasteiger partial charge in [0.25, 0.3) is 0 Å². The number of piperidine rings is 1. The van der Waals surface area contributed by atoms with E-state index in [0.29, 0.717) is 5.69 Å². The Kier molecular flexibility index (Phi) is 8.61. The predicted octanol–water partition coefficient (Wildman–Crippen LogP) is 2.69. The van der Waals surface area contributed by atoms with E-state index in [0.717, 1.165) is 32.4 Å². The van der Waals surface area contributed by atoms with Crippen LogP contribution in [0.5, 0.6) is 0 Å². The number of anilines is 2. The van der Waals surface area contributed by atoms with E-state index < -0.39 is 22.6 Å². The summed E-state index contributed by atoms with van der Waals surface area (Å²) >= 11 is 0. The van der Waals surface area contributed by atoms with Gasteiger partial charge < -0.3 is 25.4 Å². The van der Waals surface area contributed by atoms with Crippen LogP contribution in [0.3, 0.4) is 0 Å². The summed E-state index contributed by atoms with van der Waals surface area (Å²) in [7, 11) is 2.79. The van der Waals surface area contributed by atoms with E-state index in [4.69, 9.17) is 5.73 Å². The van der Waals surface area contributed by atoms with Crippen molar-refractivity contribution in [3.63, 3.8) is 0 Å². The Labute approximate surface area is 169 Å². The fourth-order valence-electron chi connectivity index (χ4n) is 2.77. The average molecular weight is 411 g/mol. The first-order chi connectivity index (χ1) is 13.5. The second-order valence-electron chi connectivity index (χ2n) is 7.30. The molecule has 1 aromatic heterocycles. The Balaban J connectivity index is 0.000000447. The molecular weight excluding hydrogens is 382 g/mol. The minimum atomic E-state index is -0.725. The van der Waals surface area contributed by atoms with Gasteiger partial charge in [0.15, 0.2) is 5.69 Å². The Morgan fingerprint density at radius 2 is 1.86 bits per heavy atom. The van der Waals surface area contributed by atoms with Crippen LogP contribution in [-0.4, -0.2) is 54.8 Å². The SMILES string of the molecule is CC(C)(C)OC(N)=O.CNc1nc(C(=O)OC)cc(N2CCCCC2)c1[N+](=O)[O-]. The lowest BCUT2D eigenvalue weighted by Gasteiger charge is -2.28. The zero-order valence-corrected chi connectivity index (χ0v) is 17.5. The molecule has 1 saturated heterocycles. The second kappa shape index (κ2) is 10.4. The number of amides is 1. The number of hydrogen-bond donors (Lipinski definition) is 2. The minimum absolute atomic E-state index is 0.0630. The molecule has 11 heteroatoms. The number of primary amides is 1. The van der Waals surface area contributed by atoms with E-state index in [1.54, 1.807) is 20.8 Å². The van der Waals surface area contributed by atoms with Crippen LogP contribution >= 0.6 is 0 Å². The van der Waals surface area contributed by atoms with E-state index >= 15 is 0 Å². The maximum absolute atomic E-state index is 11.7. The van der Waals surface area contributed by atoms with Gasteiger partial charge >= 0.3 is 17.7 Å². The standard InChI is InChI=1S/C13H18N4O4.C5H11NO2/c1-14-12-11(17(19)20)10(16-6-4-3-5-7-16)8-9(15-12)13(18)21-2;1-5(2,3)8-4(6)7/h8H,3-7H2,1-2H3,(H,14,15);1-3H3,(H2,6,7). The Hall–Kier alpha value is -3.11. The van der Waals surface area contributed by atoms with E-state index in [1.165, 1.54) is 20.2 Å². The summed E-state index contributed by atoms with van der Waals surface area (Å²) in [5, 5.41) is 14.1. The number of ether oxygens (including phenoxy) is 2. The van der Waals surface area contributed by atoms with Gasteiger partial charge in [-0.1, -0.05) is 0 Å². The molecular formula is C18H29N5O6. The van der Waals surface area contributed by atoms with Crippen LogP contribution in [0, 0.1) is 10.1 Å². The van der Waals surface area contributed by atoms with Gasteiger partial charge in [0, 0.05) is 26.2 Å². The lowest BCUT2D eigenvalue weighted by Crippen LogP contribution is -2.30. The molecule has 2 rings (SSSR count). The highest BCUT2D eigenvalue weighted by atomic mass is 16.6. The lowest BCUT2D eigenvalue weighted by atomic mass is 10.1. The van der Waals surface area contributed by atoms with Crippen LogP contribution in [0.1, 0.15) is 50.5 Å². The Bertz CT molecular complexity index is 741. The first-order valence-corrected chi connectivity index (χ1v) is 9.19. The topological polar surface area (TPSA) is 150 Å². The molecule has 29 heavy (non-hydrogen) atoms. The Morgan fingerprint density at radius 1 is 1.28 bits per heavy atom. The van der Waals surface area contributed by atoms with Crippen LogP contribution in [0.2, 0.25) is 0 Å². The smallest absolute Gasteiger partial charge is 0.405 e. The highest BCUT2D eigenvalue weighted by molar-refractivity contribution is 5.91. The molecule has 1 fully saturated rings. The summed E-state index contributed by atoms with van der Waals surface area (Å²) in [6, 6.07) is 1.44. The van der Waals surface area contributed by atoms with Crippen LogP contribution in [0.4, 0.5) is 22.0 Å². The molecule has 0 radical (unpaired) electrons. The summed E-state index contributed by atoms with van der Waals surface area (Å²) < 4.78 is 9.24. The van der Waals surface area contributed by atoms with Gasteiger partial charge in [0.05, 0.1) is 12.0 Å². The molecule has 2 heterocycles. The van der Waals surface area contributed by atoms with Gasteiger partial charge in [0.2, 0.25) is 5.82 Å². The number of hydrogen-bond acceptors (Lipinski definition) is 9. The molecule has 162 valence electrons. The number of carbonyl (C=O) groups excluding carboxylic acids is 2. The van der Waals surface area contributed by atoms with Crippen LogP contribution in [0.15, 0.2) is 6.07 Å². The van der Waals surface area contributed by atoms with E-state index in [9.17, 15) is 19.7 Å². The van der Waals surface area contributed by atoms with Gasteiger partial charge in [-0.25, -0.2) is 14.6 Å². The highest BCUT2D eigenvalue weighted by Crippen LogP contribution is 2.36.